The van der Waals surface area contributed by atoms with Gasteiger partial charge in [0.05, 0.1) is 23.8 Å². The Kier molecular flexibility index (Phi) is 3.80. The minimum Gasteiger partial charge on any atom is -0.504 e. The first-order valence-corrected chi connectivity index (χ1v) is 8.49. The highest BCUT2D eigenvalue weighted by Gasteiger charge is 2.15. The zero-order chi connectivity index (χ0) is 19.3. The van der Waals surface area contributed by atoms with Gasteiger partial charge in [-0.3, -0.25) is 13.7 Å². The molecule has 0 saturated carbocycles. The van der Waals surface area contributed by atoms with Crippen molar-refractivity contribution in [2.24, 2.45) is 14.1 Å². The van der Waals surface area contributed by atoms with Crippen LogP contribution >= 0.6 is 0 Å². The molecule has 1 N–H and O–H groups in total. The molecule has 0 aliphatic rings. The Labute approximate surface area is 155 Å². The highest BCUT2D eigenvalue weighted by Crippen LogP contribution is 2.32. The number of fused-ring (bicyclic) bond motifs is 1. The predicted octanol–water partition coefficient (Wildman–Crippen LogP) is 2.75. The van der Waals surface area contributed by atoms with Gasteiger partial charge >= 0.3 is 5.69 Å². The number of phenols is 1. The molecule has 0 bridgehead atoms. The number of methoxy groups -OCH3 is 1. The molecule has 0 aliphatic heterocycles. The number of hydrogen-bond donors (Lipinski definition) is 1. The zero-order valence-electron chi connectivity index (χ0n) is 15.6. The second-order valence-electron chi connectivity index (χ2n) is 6.54. The Bertz CT molecular complexity index is 1230. The Morgan fingerprint density at radius 2 is 1.78 bits per heavy atom. The Morgan fingerprint density at radius 1 is 1.07 bits per heavy atom. The number of rotatable bonds is 3. The highest BCUT2D eigenvalue weighted by atomic mass is 16.5. The number of imidazole rings is 2. The molecule has 0 aliphatic carbocycles. The van der Waals surface area contributed by atoms with Gasteiger partial charge in [-0.15, -0.1) is 0 Å². The number of nitrogens with zero attached hydrogens (tertiary/aromatic N) is 4. The van der Waals surface area contributed by atoms with Crippen LogP contribution in [0.25, 0.3) is 28.1 Å². The molecular formula is C20H20N4O3. The molecule has 0 fully saturated rings. The molecule has 2 aromatic carbocycles. The molecule has 2 aromatic heterocycles. The number of ether oxygens (including phenoxy) is 1. The molecule has 0 saturated heterocycles. The Balaban J connectivity index is 1.92. The normalized spacial score (nSPS) is 11.3. The van der Waals surface area contributed by atoms with Gasteiger partial charge in [-0.25, -0.2) is 9.78 Å². The highest BCUT2D eigenvalue weighted by molar-refractivity contribution is 5.80. The smallest absolute Gasteiger partial charge is 0.328 e. The number of benzene rings is 2. The minimum absolute atomic E-state index is 0.0576. The molecule has 2 heterocycles. The maximum Gasteiger partial charge on any atom is 0.328 e. The fraction of sp³-hybridized carbons (Fsp3) is 0.200. The van der Waals surface area contributed by atoms with Crippen molar-refractivity contribution in [3.8, 4) is 28.6 Å². The predicted molar refractivity (Wildman–Crippen MR) is 104 cm³/mol. The van der Waals surface area contributed by atoms with Crippen LogP contribution in [0.5, 0.6) is 11.5 Å². The van der Waals surface area contributed by atoms with Crippen molar-refractivity contribution in [2.75, 3.05) is 7.11 Å². The van der Waals surface area contributed by atoms with Gasteiger partial charge in [0.25, 0.3) is 0 Å². The Morgan fingerprint density at radius 3 is 2.44 bits per heavy atom. The van der Waals surface area contributed by atoms with E-state index in [9.17, 15) is 9.90 Å². The summed E-state index contributed by atoms with van der Waals surface area (Å²) >= 11 is 0. The number of aryl methyl sites for hydroxylation is 3. The van der Waals surface area contributed by atoms with Gasteiger partial charge in [-0.2, -0.15) is 0 Å². The zero-order valence-corrected chi connectivity index (χ0v) is 15.6. The first kappa shape index (κ1) is 17.0. The quantitative estimate of drug-likeness (QED) is 0.607. The molecule has 0 atom stereocenters. The van der Waals surface area contributed by atoms with Crippen LogP contribution in [0.4, 0.5) is 0 Å². The third kappa shape index (κ3) is 2.51. The van der Waals surface area contributed by atoms with E-state index in [0.29, 0.717) is 11.6 Å². The van der Waals surface area contributed by atoms with Crippen LogP contribution in [0.1, 0.15) is 5.56 Å². The summed E-state index contributed by atoms with van der Waals surface area (Å²) in [6.45, 7) is 2.00. The van der Waals surface area contributed by atoms with Crippen LogP contribution in [-0.2, 0) is 14.1 Å². The number of aromatic nitrogens is 4. The average Bonchev–Trinajstić information content (AvgIpc) is 3.21. The monoisotopic (exact) mass is 364 g/mol. The summed E-state index contributed by atoms with van der Waals surface area (Å²) in [5.74, 6) is 1.16. The standard InChI is InChI=1S/C20H20N4O3/c1-12-9-15-16(23(3)20(26)22(15)2)11-14(12)24-8-7-21-19(24)13-5-6-18(27-4)17(25)10-13/h5-11,25H,1-4H3. The van der Waals surface area contributed by atoms with E-state index < -0.39 is 0 Å². The molecule has 7 heteroatoms. The van der Waals surface area contributed by atoms with Gasteiger partial charge in [-0.1, -0.05) is 0 Å². The van der Waals surface area contributed by atoms with Gasteiger partial charge in [0, 0.05) is 32.1 Å². The van der Waals surface area contributed by atoms with E-state index in [1.165, 1.54) is 7.11 Å². The summed E-state index contributed by atoms with van der Waals surface area (Å²) in [6, 6.07) is 9.18. The molecular weight excluding hydrogens is 344 g/mol. The van der Waals surface area contributed by atoms with Crippen molar-refractivity contribution in [1.29, 1.82) is 0 Å². The molecule has 138 valence electrons. The van der Waals surface area contributed by atoms with Crippen LogP contribution in [0, 0.1) is 6.92 Å². The first-order valence-electron chi connectivity index (χ1n) is 8.49. The fourth-order valence-electron chi connectivity index (χ4n) is 3.44. The molecule has 27 heavy (non-hydrogen) atoms. The van der Waals surface area contributed by atoms with Crippen LogP contribution in [0.3, 0.4) is 0 Å². The average molecular weight is 364 g/mol. The van der Waals surface area contributed by atoms with Gasteiger partial charge in [0.15, 0.2) is 11.5 Å². The maximum absolute atomic E-state index is 12.3. The van der Waals surface area contributed by atoms with E-state index in [-0.39, 0.29) is 11.4 Å². The van der Waals surface area contributed by atoms with Gasteiger partial charge in [0.1, 0.15) is 5.82 Å². The lowest BCUT2D eigenvalue weighted by Gasteiger charge is -2.13. The van der Waals surface area contributed by atoms with Crippen molar-refractivity contribution in [2.45, 2.75) is 6.92 Å². The molecule has 0 unspecified atom stereocenters. The second kappa shape index (κ2) is 6.05. The van der Waals surface area contributed by atoms with Crippen molar-refractivity contribution in [3.63, 3.8) is 0 Å². The summed E-state index contributed by atoms with van der Waals surface area (Å²) in [5, 5.41) is 10.1. The summed E-state index contributed by atoms with van der Waals surface area (Å²) in [4.78, 5) is 16.7. The summed E-state index contributed by atoms with van der Waals surface area (Å²) in [6.07, 6.45) is 3.58. The molecule has 4 aromatic rings. The van der Waals surface area contributed by atoms with Gasteiger partial charge in [0.2, 0.25) is 0 Å². The summed E-state index contributed by atoms with van der Waals surface area (Å²) in [7, 11) is 5.05. The third-order valence-corrected chi connectivity index (χ3v) is 4.93. The maximum atomic E-state index is 12.3. The van der Waals surface area contributed by atoms with Gasteiger partial charge < -0.3 is 9.84 Å². The molecule has 0 amide bonds. The summed E-state index contributed by atoms with van der Waals surface area (Å²) in [5.41, 5.74) is 4.37. The lowest BCUT2D eigenvalue weighted by molar-refractivity contribution is 0.373. The number of phenolic OH excluding ortho intramolecular Hbond substituents is 1. The van der Waals surface area contributed by atoms with E-state index in [1.807, 2.05) is 35.9 Å². The summed E-state index contributed by atoms with van der Waals surface area (Å²) < 4.78 is 10.3. The third-order valence-electron chi connectivity index (χ3n) is 4.93. The lowest BCUT2D eigenvalue weighted by Crippen LogP contribution is -2.19. The van der Waals surface area contributed by atoms with Crippen molar-refractivity contribution >= 4 is 11.0 Å². The molecule has 0 radical (unpaired) electrons. The topological polar surface area (TPSA) is 74.2 Å². The van der Waals surface area contributed by atoms with E-state index in [0.717, 1.165) is 27.8 Å². The SMILES string of the molecule is COc1ccc(-c2nccn2-c2cc3c(cc2C)n(C)c(=O)n3C)cc1O. The minimum atomic E-state index is -0.0625. The van der Waals surface area contributed by atoms with Crippen molar-refractivity contribution in [3.05, 3.63) is 58.8 Å². The molecule has 0 spiro atoms. The molecule has 7 nitrogen and oxygen atoms in total. The second-order valence-corrected chi connectivity index (χ2v) is 6.54. The van der Waals surface area contributed by atoms with E-state index in [4.69, 9.17) is 4.74 Å². The number of hydrogen-bond acceptors (Lipinski definition) is 4. The van der Waals surface area contributed by atoms with E-state index in [1.54, 1.807) is 41.6 Å². The van der Waals surface area contributed by atoms with Gasteiger partial charge in [-0.05, 0) is 42.8 Å². The number of aromatic hydroxyl groups is 1. The van der Waals surface area contributed by atoms with Crippen LogP contribution in [-0.4, -0.2) is 30.9 Å². The van der Waals surface area contributed by atoms with Crippen molar-refractivity contribution < 1.29 is 9.84 Å². The van der Waals surface area contributed by atoms with E-state index in [2.05, 4.69) is 4.98 Å². The molecule has 4 rings (SSSR count). The van der Waals surface area contributed by atoms with Crippen LogP contribution in [0.15, 0.2) is 47.5 Å². The first-order chi connectivity index (χ1) is 12.9. The van der Waals surface area contributed by atoms with Crippen LogP contribution < -0.4 is 10.4 Å². The van der Waals surface area contributed by atoms with Crippen molar-refractivity contribution in [1.82, 2.24) is 18.7 Å². The fourth-order valence-corrected chi connectivity index (χ4v) is 3.44. The van der Waals surface area contributed by atoms with Crippen LogP contribution in [0.2, 0.25) is 0 Å². The van der Waals surface area contributed by atoms with E-state index >= 15 is 0 Å². The lowest BCUT2D eigenvalue weighted by atomic mass is 10.1. The largest absolute Gasteiger partial charge is 0.504 e. The Hall–Kier alpha value is -3.48.